The number of hydrogen-bond donors (Lipinski definition) is 2. The van der Waals surface area contributed by atoms with Crippen molar-refractivity contribution in [3.63, 3.8) is 0 Å². The van der Waals surface area contributed by atoms with Crippen molar-refractivity contribution < 1.29 is 14.3 Å². The Labute approximate surface area is 113 Å². The normalized spacial score (nSPS) is 11.7. The number of benzene rings is 1. The second-order valence-electron chi connectivity index (χ2n) is 3.88. The van der Waals surface area contributed by atoms with Crippen LogP contribution in [0.15, 0.2) is 16.6 Å². The molecular weight excluding hydrogens is 303 g/mol. The summed E-state index contributed by atoms with van der Waals surface area (Å²) in [5.74, 6) is -1.43. The molecule has 0 fully saturated rings. The van der Waals surface area contributed by atoms with Gasteiger partial charge in [0.2, 0.25) is 0 Å². The number of aliphatic carboxylic acids is 1. The summed E-state index contributed by atoms with van der Waals surface area (Å²) >= 11 is 3.01. The van der Waals surface area contributed by atoms with Gasteiger partial charge in [0.1, 0.15) is 6.07 Å². The first-order valence-corrected chi connectivity index (χ1v) is 6.11. The first-order valence-electron chi connectivity index (χ1n) is 5.32. The van der Waals surface area contributed by atoms with Crippen LogP contribution in [0.3, 0.4) is 0 Å². The third-order valence-corrected chi connectivity index (χ3v) is 3.17. The molecule has 1 unspecified atom stereocenters. The molecule has 1 aromatic rings. The maximum absolute atomic E-state index is 13.8. The minimum Gasteiger partial charge on any atom is -0.481 e. The Kier molecular flexibility index (Phi) is 5.10. The highest BCUT2D eigenvalue weighted by Gasteiger charge is 2.13. The van der Waals surface area contributed by atoms with Crippen molar-refractivity contribution in [3.8, 4) is 6.07 Å². The predicted octanol–water partition coefficient (Wildman–Crippen LogP) is 3.13. The minimum absolute atomic E-state index is 0.0211. The van der Waals surface area contributed by atoms with Gasteiger partial charge in [-0.15, -0.1) is 0 Å². The van der Waals surface area contributed by atoms with Crippen LogP contribution >= 0.6 is 15.9 Å². The van der Waals surface area contributed by atoms with E-state index >= 15 is 0 Å². The van der Waals surface area contributed by atoms with Gasteiger partial charge < -0.3 is 10.4 Å². The zero-order valence-corrected chi connectivity index (χ0v) is 11.3. The van der Waals surface area contributed by atoms with Gasteiger partial charge in [0, 0.05) is 12.5 Å². The fourth-order valence-electron chi connectivity index (χ4n) is 1.42. The molecular formula is C12H12BrFN2O2. The van der Waals surface area contributed by atoms with E-state index in [1.807, 2.05) is 6.07 Å². The van der Waals surface area contributed by atoms with Gasteiger partial charge in [-0.05, 0) is 41.4 Å². The van der Waals surface area contributed by atoms with Crippen LogP contribution in [-0.4, -0.2) is 17.1 Å². The molecule has 0 aliphatic rings. The van der Waals surface area contributed by atoms with Crippen molar-refractivity contribution in [1.29, 1.82) is 5.26 Å². The van der Waals surface area contributed by atoms with E-state index in [1.54, 1.807) is 6.92 Å². The van der Waals surface area contributed by atoms with Crippen LogP contribution < -0.4 is 5.32 Å². The number of carboxylic acids is 1. The average molecular weight is 315 g/mol. The number of carbonyl (C=O) groups is 1. The molecule has 0 spiro atoms. The highest BCUT2D eigenvalue weighted by atomic mass is 79.9. The second-order valence-corrected chi connectivity index (χ2v) is 4.67. The van der Waals surface area contributed by atoms with Gasteiger partial charge in [0.25, 0.3) is 0 Å². The lowest BCUT2D eigenvalue weighted by atomic mass is 10.1. The predicted molar refractivity (Wildman–Crippen MR) is 68.8 cm³/mol. The molecule has 0 saturated heterocycles. The molecule has 6 heteroatoms. The molecule has 0 aliphatic carbocycles. The van der Waals surface area contributed by atoms with E-state index in [9.17, 15) is 9.18 Å². The lowest BCUT2D eigenvalue weighted by molar-refractivity contribution is -0.137. The number of nitrogens with zero attached hydrogens (tertiary/aromatic N) is 1. The number of anilines is 1. The highest BCUT2D eigenvalue weighted by Crippen LogP contribution is 2.27. The molecule has 1 rings (SSSR count). The van der Waals surface area contributed by atoms with E-state index in [-0.39, 0.29) is 28.2 Å². The number of rotatable bonds is 5. The van der Waals surface area contributed by atoms with Crippen molar-refractivity contribution in [2.24, 2.45) is 0 Å². The van der Waals surface area contributed by atoms with Crippen molar-refractivity contribution in [1.82, 2.24) is 0 Å². The van der Waals surface area contributed by atoms with Crippen LogP contribution in [0.1, 0.15) is 25.3 Å². The fourth-order valence-corrected chi connectivity index (χ4v) is 1.86. The van der Waals surface area contributed by atoms with Crippen LogP contribution in [0.4, 0.5) is 10.1 Å². The third kappa shape index (κ3) is 3.70. The van der Waals surface area contributed by atoms with Gasteiger partial charge in [-0.1, -0.05) is 0 Å². The molecule has 96 valence electrons. The maximum Gasteiger partial charge on any atom is 0.303 e. The summed E-state index contributed by atoms with van der Waals surface area (Å²) in [5, 5.41) is 20.2. The molecule has 1 atom stereocenters. The highest BCUT2D eigenvalue weighted by molar-refractivity contribution is 9.10. The lowest BCUT2D eigenvalue weighted by Crippen LogP contribution is -2.17. The monoisotopic (exact) mass is 314 g/mol. The fraction of sp³-hybridized carbons (Fsp3) is 0.333. The molecule has 0 aliphatic heterocycles. The largest absolute Gasteiger partial charge is 0.481 e. The standard InChI is InChI=1S/C12H12BrFN2O2/c1-7(2-5-10(17)18)16-9-4-3-8(6-15)11(13)12(9)14/h3-4,7,16H,2,5H2,1H3,(H,17,18). The summed E-state index contributed by atoms with van der Waals surface area (Å²) in [6.45, 7) is 1.77. The summed E-state index contributed by atoms with van der Waals surface area (Å²) in [6.07, 6.45) is 0.416. The van der Waals surface area contributed by atoms with E-state index in [4.69, 9.17) is 10.4 Å². The van der Waals surface area contributed by atoms with Gasteiger partial charge in [0.05, 0.1) is 15.7 Å². The van der Waals surface area contributed by atoms with Crippen LogP contribution in [-0.2, 0) is 4.79 Å². The number of nitriles is 1. The van der Waals surface area contributed by atoms with E-state index in [0.29, 0.717) is 6.42 Å². The second kappa shape index (κ2) is 6.36. The van der Waals surface area contributed by atoms with Crippen molar-refractivity contribution >= 4 is 27.6 Å². The number of carboxylic acid groups (broad SMARTS) is 1. The van der Waals surface area contributed by atoms with Crippen LogP contribution in [0, 0.1) is 17.1 Å². The van der Waals surface area contributed by atoms with Gasteiger partial charge >= 0.3 is 5.97 Å². The molecule has 2 N–H and O–H groups in total. The van der Waals surface area contributed by atoms with Gasteiger partial charge in [-0.2, -0.15) is 5.26 Å². The molecule has 0 saturated carbocycles. The Morgan fingerprint density at radius 3 is 2.89 bits per heavy atom. The Bertz CT molecular complexity index is 500. The molecule has 1 aromatic carbocycles. The van der Waals surface area contributed by atoms with Crippen molar-refractivity contribution in [2.75, 3.05) is 5.32 Å². The summed E-state index contributed by atoms with van der Waals surface area (Å²) in [6, 6.07) is 4.66. The molecule has 0 heterocycles. The van der Waals surface area contributed by atoms with Crippen LogP contribution in [0.2, 0.25) is 0 Å². The van der Waals surface area contributed by atoms with E-state index in [0.717, 1.165) is 0 Å². The molecule has 4 nitrogen and oxygen atoms in total. The van der Waals surface area contributed by atoms with Crippen molar-refractivity contribution in [2.45, 2.75) is 25.8 Å². The van der Waals surface area contributed by atoms with Crippen LogP contribution in [0.25, 0.3) is 0 Å². The molecule has 18 heavy (non-hydrogen) atoms. The summed E-state index contributed by atoms with van der Waals surface area (Å²) in [7, 11) is 0. The summed E-state index contributed by atoms with van der Waals surface area (Å²) < 4.78 is 13.9. The quantitative estimate of drug-likeness (QED) is 0.875. The lowest BCUT2D eigenvalue weighted by Gasteiger charge is -2.15. The topological polar surface area (TPSA) is 73.1 Å². The number of nitrogens with one attached hydrogen (secondary N) is 1. The van der Waals surface area contributed by atoms with E-state index < -0.39 is 11.8 Å². The zero-order valence-electron chi connectivity index (χ0n) is 9.70. The van der Waals surface area contributed by atoms with Crippen LogP contribution in [0.5, 0.6) is 0 Å². The van der Waals surface area contributed by atoms with E-state index in [2.05, 4.69) is 21.2 Å². The summed E-state index contributed by atoms with van der Waals surface area (Å²) in [5.41, 5.74) is 0.468. The SMILES string of the molecule is CC(CCC(=O)O)Nc1ccc(C#N)c(Br)c1F. The Hall–Kier alpha value is -1.61. The average Bonchev–Trinajstić information content (AvgIpc) is 2.33. The van der Waals surface area contributed by atoms with Gasteiger partial charge in [-0.25, -0.2) is 4.39 Å². The third-order valence-electron chi connectivity index (χ3n) is 2.40. The molecule has 0 aromatic heterocycles. The minimum atomic E-state index is -0.884. The summed E-state index contributed by atoms with van der Waals surface area (Å²) in [4.78, 5) is 10.4. The molecule has 0 bridgehead atoms. The maximum atomic E-state index is 13.8. The molecule has 0 amide bonds. The first kappa shape index (κ1) is 14.5. The molecule has 0 radical (unpaired) electrons. The number of hydrogen-bond acceptors (Lipinski definition) is 3. The smallest absolute Gasteiger partial charge is 0.303 e. The zero-order chi connectivity index (χ0) is 13.7. The Balaban J connectivity index is 2.77. The van der Waals surface area contributed by atoms with Crippen molar-refractivity contribution in [3.05, 3.63) is 28.0 Å². The van der Waals surface area contributed by atoms with Gasteiger partial charge in [0.15, 0.2) is 5.82 Å². The van der Waals surface area contributed by atoms with Gasteiger partial charge in [-0.3, -0.25) is 4.79 Å². The Morgan fingerprint density at radius 1 is 1.67 bits per heavy atom. The first-order chi connectivity index (χ1) is 8.45. The number of halogens is 2. The Morgan fingerprint density at radius 2 is 2.33 bits per heavy atom. The van der Waals surface area contributed by atoms with E-state index in [1.165, 1.54) is 12.1 Å².